The highest BCUT2D eigenvalue weighted by molar-refractivity contribution is 7.89. The fourth-order valence-electron chi connectivity index (χ4n) is 3.89. The number of amides is 1. The smallest absolute Gasteiger partial charge is 0.243 e. The molecule has 0 bridgehead atoms. The van der Waals surface area contributed by atoms with Crippen molar-refractivity contribution in [3.05, 3.63) is 18.2 Å². The van der Waals surface area contributed by atoms with Crippen molar-refractivity contribution in [3.8, 4) is 11.5 Å². The van der Waals surface area contributed by atoms with Crippen LogP contribution in [0.3, 0.4) is 0 Å². The summed E-state index contributed by atoms with van der Waals surface area (Å²) in [6.07, 6.45) is 3.24. The number of nitrogens with zero attached hydrogens (tertiary/aromatic N) is 2. The van der Waals surface area contributed by atoms with E-state index in [-0.39, 0.29) is 17.6 Å². The Morgan fingerprint density at radius 1 is 1.08 bits per heavy atom. The zero-order chi connectivity index (χ0) is 18.3. The number of piperidine rings is 1. The summed E-state index contributed by atoms with van der Waals surface area (Å²) in [7, 11) is -3.75. The number of carbonyl (C=O) groups is 1. The molecule has 8 heteroatoms. The second-order valence-electron chi connectivity index (χ2n) is 7.30. The topological polar surface area (TPSA) is 76.2 Å². The minimum atomic E-state index is -3.75. The van der Waals surface area contributed by atoms with Crippen molar-refractivity contribution in [2.24, 2.45) is 5.92 Å². The molecule has 0 aromatic heterocycles. The van der Waals surface area contributed by atoms with Crippen LogP contribution in [-0.4, -0.2) is 56.0 Å². The van der Waals surface area contributed by atoms with E-state index in [1.807, 2.05) is 4.90 Å². The van der Waals surface area contributed by atoms with E-state index in [0.29, 0.717) is 49.9 Å². The number of hydrogen-bond acceptors (Lipinski definition) is 5. The van der Waals surface area contributed by atoms with Gasteiger partial charge in [0.25, 0.3) is 0 Å². The highest BCUT2D eigenvalue weighted by atomic mass is 32.2. The number of likely N-dealkylation sites (tertiary alicyclic amines) is 1. The molecule has 1 aromatic rings. The summed E-state index contributed by atoms with van der Waals surface area (Å²) in [4.78, 5) is 14.9. The van der Waals surface area contributed by atoms with Gasteiger partial charge in [-0.25, -0.2) is 8.42 Å². The summed E-state index contributed by atoms with van der Waals surface area (Å²) in [6, 6.07) is 4.01. The molecule has 1 amide bonds. The highest BCUT2D eigenvalue weighted by Crippen LogP contribution is 2.36. The van der Waals surface area contributed by atoms with Crippen molar-refractivity contribution in [1.82, 2.24) is 9.21 Å². The standard InChI is InChI=1S/C18H24N2O5S/c1-13-6-9-19(10-7-13)18(21)15-3-2-8-20(15)26(22,23)14-4-5-16-17(11-14)25-12-24-16/h4-5,11,13,15H,2-3,6-10,12H2,1H3/t15-/m0/s1. The van der Waals surface area contributed by atoms with Crippen LogP contribution in [-0.2, 0) is 14.8 Å². The average molecular weight is 380 g/mol. The molecule has 26 heavy (non-hydrogen) atoms. The second kappa shape index (κ2) is 6.74. The molecule has 2 fully saturated rings. The van der Waals surface area contributed by atoms with Crippen molar-refractivity contribution in [1.29, 1.82) is 0 Å². The monoisotopic (exact) mass is 380 g/mol. The summed E-state index contributed by atoms with van der Waals surface area (Å²) in [5.41, 5.74) is 0. The molecule has 0 saturated carbocycles. The van der Waals surface area contributed by atoms with Gasteiger partial charge in [0, 0.05) is 25.7 Å². The van der Waals surface area contributed by atoms with Gasteiger partial charge in [-0.15, -0.1) is 0 Å². The van der Waals surface area contributed by atoms with Crippen molar-refractivity contribution in [3.63, 3.8) is 0 Å². The number of benzene rings is 1. The minimum absolute atomic E-state index is 0.0567. The molecule has 7 nitrogen and oxygen atoms in total. The molecule has 0 radical (unpaired) electrons. The highest BCUT2D eigenvalue weighted by Gasteiger charge is 2.41. The van der Waals surface area contributed by atoms with Gasteiger partial charge in [0.1, 0.15) is 6.04 Å². The summed E-state index contributed by atoms with van der Waals surface area (Å²) >= 11 is 0. The molecule has 3 heterocycles. The van der Waals surface area contributed by atoms with E-state index in [0.717, 1.165) is 12.8 Å². The van der Waals surface area contributed by atoms with Crippen LogP contribution in [0.2, 0.25) is 0 Å². The van der Waals surface area contributed by atoms with E-state index in [9.17, 15) is 13.2 Å². The predicted octanol–water partition coefficient (Wildman–Crippen LogP) is 1.83. The molecule has 1 atom stereocenters. The zero-order valence-electron chi connectivity index (χ0n) is 14.9. The Morgan fingerprint density at radius 3 is 2.58 bits per heavy atom. The SMILES string of the molecule is CC1CCN(C(=O)[C@@H]2CCCN2S(=O)(=O)c2ccc3c(c2)OCO3)CC1. The van der Waals surface area contributed by atoms with Gasteiger partial charge in [-0.1, -0.05) is 6.92 Å². The lowest BCUT2D eigenvalue weighted by atomic mass is 9.98. The summed E-state index contributed by atoms with van der Waals surface area (Å²) in [6.45, 7) is 4.09. The van der Waals surface area contributed by atoms with Crippen LogP contribution in [0.15, 0.2) is 23.1 Å². The Bertz CT molecular complexity index is 802. The zero-order valence-corrected chi connectivity index (χ0v) is 15.7. The number of sulfonamides is 1. The van der Waals surface area contributed by atoms with Crippen LogP contribution < -0.4 is 9.47 Å². The van der Waals surface area contributed by atoms with Gasteiger partial charge in [0.15, 0.2) is 11.5 Å². The quantitative estimate of drug-likeness (QED) is 0.800. The third-order valence-corrected chi connectivity index (χ3v) is 7.44. The van der Waals surface area contributed by atoms with Crippen molar-refractivity contribution in [2.45, 2.75) is 43.5 Å². The predicted molar refractivity (Wildman–Crippen MR) is 94.5 cm³/mol. The lowest BCUT2D eigenvalue weighted by Crippen LogP contribution is -2.49. The lowest BCUT2D eigenvalue weighted by molar-refractivity contribution is -0.135. The number of rotatable bonds is 3. The van der Waals surface area contributed by atoms with Crippen LogP contribution in [0.4, 0.5) is 0 Å². The summed E-state index contributed by atoms with van der Waals surface area (Å²) < 4.78 is 38.2. The number of hydrogen-bond donors (Lipinski definition) is 0. The molecule has 0 N–H and O–H groups in total. The van der Waals surface area contributed by atoms with Gasteiger partial charge in [-0.2, -0.15) is 4.31 Å². The molecule has 142 valence electrons. The largest absolute Gasteiger partial charge is 0.454 e. The fraction of sp³-hybridized carbons (Fsp3) is 0.611. The van der Waals surface area contributed by atoms with E-state index in [1.54, 1.807) is 6.07 Å². The molecule has 0 aliphatic carbocycles. The van der Waals surface area contributed by atoms with Crippen molar-refractivity contribution < 1.29 is 22.7 Å². The van der Waals surface area contributed by atoms with Gasteiger partial charge >= 0.3 is 0 Å². The van der Waals surface area contributed by atoms with Crippen LogP contribution in [0, 0.1) is 5.92 Å². The molecule has 2 saturated heterocycles. The van der Waals surface area contributed by atoms with Crippen molar-refractivity contribution >= 4 is 15.9 Å². The molecular formula is C18H24N2O5S. The number of ether oxygens (including phenoxy) is 2. The third-order valence-electron chi connectivity index (χ3n) is 5.53. The normalized spacial score (nSPS) is 24.2. The Hall–Kier alpha value is -1.80. The lowest BCUT2D eigenvalue weighted by Gasteiger charge is -2.34. The Kier molecular flexibility index (Phi) is 4.56. The molecule has 4 rings (SSSR count). The van der Waals surface area contributed by atoms with E-state index in [1.165, 1.54) is 16.4 Å². The van der Waals surface area contributed by atoms with Crippen molar-refractivity contribution in [2.75, 3.05) is 26.4 Å². The van der Waals surface area contributed by atoms with Gasteiger partial charge < -0.3 is 14.4 Å². The number of fused-ring (bicyclic) bond motifs is 1. The average Bonchev–Trinajstić information content (AvgIpc) is 3.30. The first-order chi connectivity index (χ1) is 12.5. The van der Waals surface area contributed by atoms with Crippen LogP contribution in [0.5, 0.6) is 11.5 Å². The molecule has 0 unspecified atom stereocenters. The van der Waals surface area contributed by atoms with E-state index in [2.05, 4.69) is 6.92 Å². The Balaban J connectivity index is 1.56. The Morgan fingerprint density at radius 2 is 1.81 bits per heavy atom. The van der Waals surface area contributed by atoms with Crippen LogP contribution in [0.1, 0.15) is 32.6 Å². The summed E-state index contributed by atoms with van der Waals surface area (Å²) in [5, 5.41) is 0. The first-order valence-corrected chi connectivity index (χ1v) is 10.6. The number of carbonyl (C=O) groups excluding carboxylic acids is 1. The third kappa shape index (κ3) is 3.05. The van der Waals surface area contributed by atoms with Gasteiger partial charge in [-0.3, -0.25) is 4.79 Å². The van der Waals surface area contributed by atoms with Crippen LogP contribution in [0.25, 0.3) is 0 Å². The molecule has 3 aliphatic rings. The molecule has 3 aliphatic heterocycles. The second-order valence-corrected chi connectivity index (χ2v) is 9.19. The van der Waals surface area contributed by atoms with E-state index >= 15 is 0 Å². The minimum Gasteiger partial charge on any atom is -0.454 e. The maximum atomic E-state index is 13.1. The van der Waals surface area contributed by atoms with Gasteiger partial charge in [0.05, 0.1) is 4.90 Å². The maximum absolute atomic E-state index is 13.1. The van der Waals surface area contributed by atoms with E-state index < -0.39 is 16.1 Å². The summed E-state index contributed by atoms with van der Waals surface area (Å²) in [5.74, 6) is 1.54. The van der Waals surface area contributed by atoms with Gasteiger partial charge in [0.2, 0.25) is 22.7 Å². The first kappa shape index (κ1) is 17.6. The Labute approximate surface area is 153 Å². The fourth-order valence-corrected chi connectivity index (χ4v) is 5.55. The molecule has 1 aromatic carbocycles. The molecular weight excluding hydrogens is 356 g/mol. The van der Waals surface area contributed by atoms with Gasteiger partial charge in [-0.05, 0) is 43.7 Å². The first-order valence-electron chi connectivity index (χ1n) is 9.17. The molecule has 0 spiro atoms. The van der Waals surface area contributed by atoms with Crippen LogP contribution >= 0.6 is 0 Å². The maximum Gasteiger partial charge on any atom is 0.243 e. The van der Waals surface area contributed by atoms with E-state index in [4.69, 9.17) is 9.47 Å².